The Morgan fingerprint density at radius 3 is 2.60 bits per heavy atom. The minimum absolute atomic E-state index is 0.00658. The average molecular weight is 343 g/mol. The number of anilines is 1. The molecule has 1 aromatic heterocycles. The van der Waals surface area contributed by atoms with E-state index in [9.17, 15) is 9.59 Å². The zero-order valence-electron chi connectivity index (χ0n) is 14.7. The van der Waals surface area contributed by atoms with E-state index in [2.05, 4.69) is 20.5 Å². The second kappa shape index (κ2) is 8.09. The maximum absolute atomic E-state index is 11.5. The molecule has 1 aromatic carbocycles. The van der Waals surface area contributed by atoms with Crippen LogP contribution < -0.4 is 15.7 Å². The highest BCUT2D eigenvalue weighted by atomic mass is 16.5. The van der Waals surface area contributed by atoms with E-state index >= 15 is 0 Å². The SMILES string of the molecule is C/C(=N/Nc1nc(C)cc(=O)[nH]1)c1ccc(OCC(=O)N(C)C)cc1. The molecule has 0 saturated heterocycles. The van der Waals surface area contributed by atoms with E-state index in [0.29, 0.717) is 17.2 Å². The first-order valence-electron chi connectivity index (χ1n) is 7.67. The molecule has 25 heavy (non-hydrogen) atoms. The number of hydrazone groups is 1. The van der Waals surface area contributed by atoms with Crippen molar-refractivity contribution in [3.05, 3.63) is 51.9 Å². The lowest BCUT2D eigenvalue weighted by Crippen LogP contribution is -2.27. The van der Waals surface area contributed by atoms with Gasteiger partial charge in [-0.25, -0.2) is 10.4 Å². The third kappa shape index (κ3) is 5.45. The Balaban J connectivity index is 2.00. The summed E-state index contributed by atoms with van der Waals surface area (Å²) in [6.07, 6.45) is 0. The van der Waals surface area contributed by atoms with E-state index in [0.717, 1.165) is 5.56 Å². The van der Waals surface area contributed by atoms with Crippen LogP contribution in [-0.2, 0) is 4.79 Å². The number of carbonyl (C=O) groups excluding carboxylic acids is 1. The van der Waals surface area contributed by atoms with Crippen molar-refractivity contribution >= 4 is 17.6 Å². The highest BCUT2D eigenvalue weighted by Gasteiger charge is 2.05. The lowest BCUT2D eigenvalue weighted by molar-refractivity contribution is -0.130. The number of ether oxygens (including phenoxy) is 1. The molecular formula is C17H21N5O3. The van der Waals surface area contributed by atoms with Crippen LogP contribution in [0, 0.1) is 6.92 Å². The minimum Gasteiger partial charge on any atom is -0.484 e. The second-order valence-electron chi connectivity index (χ2n) is 5.65. The Morgan fingerprint density at radius 1 is 1.32 bits per heavy atom. The van der Waals surface area contributed by atoms with Crippen LogP contribution in [0.1, 0.15) is 18.2 Å². The second-order valence-corrected chi connectivity index (χ2v) is 5.65. The number of benzene rings is 1. The summed E-state index contributed by atoms with van der Waals surface area (Å²) >= 11 is 0. The molecule has 0 aliphatic carbocycles. The van der Waals surface area contributed by atoms with Crippen LogP contribution in [-0.4, -0.2) is 47.2 Å². The average Bonchev–Trinajstić information content (AvgIpc) is 2.57. The zero-order valence-corrected chi connectivity index (χ0v) is 14.7. The van der Waals surface area contributed by atoms with E-state index in [-0.39, 0.29) is 24.0 Å². The van der Waals surface area contributed by atoms with Crippen molar-refractivity contribution in [2.75, 3.05) is 26.1 Å². The van der Waals surface area contributed by atoms with Gasteiger partial charge in [0.05, 0.1) is 5.71 Å². The Labute approximate surface area is 145 Å². The lowest BCUT2D eigenvalue weighted by Gasteiger charge is -2.11. The molecule has 2 rings (SSSR count). The predicted molar refractivity (Wildman–Crippen MR) is 96.1 cm³/mol. The molecule has 0 fully saturated rings. The van der Waals surface area contributed by atoms with Gasteiger partial charge in [-0.2, -0.15) is 5.10 Å². The molecule has 0 radical (unpaired) electrons. The Bertz CT molecular complexity index is 825. The van der Waals surface area contributed by atoms with Crippen LogP contribution in [0.15, 0.2) is 40.2 Å². The highest BCUT2D eigenvalue weighted by Crippen LogP contribution is 2.13. The maximum atomic E-state index is 11.5. The molecule has 1 heterocycles. The standard InChI is InChI=1S/C17H21N5O3/c1-11-9-15(23)19-17(18-11)21-20-12(2)13-5-7-14(8-6-13)25-10-16(24)22(3)4/h5-9H,10H2,1-4H3,(H2,18,19,21,23)/b20-12-. The zero-order chi connectivity index (χ0) is 18.4. The monoisotopic (exact) mass is 343 g/mol. The normalized spacial score (nSPS) is 11.1. The van der Waals surface area contributed by atoms with Gasteiger partial charge in [0.2, 0.25) is 5.95 Å². The summed E-state index contributed by atoms with van der Waals surface area (Å²) in [5.41, 5.74) is 4.67. The molecule has 0 atom stereocenters. The molecule has 2 aromatic rings. The predicted octanol–water partition coefficient (Wildman–Crippen LogP) is 1.38. The van der Waals surface area contributed by atoms with Gasteiger partial charge in [-0.1, -0.05) is 0 Å². The Morgan fingerprint density at radius 2 is 2.00 bits per heavy atom. The Kier molecular flexibility index (Phi) is 5.89. The van der Waals surface area contributed by atoms with Gasteiger partial charge in [0.15, 0.2) is 6.61 Å². The van der Waals surface area contributed by atoms with Crippen molar-refractivity contribution < 1.29 is 9.53 Å². The van der Waals surface area contributed by atoms with Gasteiger partial charge in [-0.3, -0.25) is 14.6 Å². The van der Waals surface area contributed by atoms with Gasteiger partial charge < -0.3 is 9.64 Å². The van der Waals surface area contributed by atoms with E-state index in [4.69, 9.17) is 4.74 Å². The van der Waals surface area contributed by atoms with Gasteiger partial charge >= 0.3 is 0 Å². The van der Waals surface area contributed by atoms with E-state index in [1.54, 1.807) is 33.2 Å². The smallest absolute Gasteiger partial charge is 0.259 e. The van der Waals surface area contributed by atoms with Crippen LogP contribution in [0.25, 0.3) is 0 Å². The third-order valence-corrected chi connectivity index (χ3v) is 3.33. The van der Waals surface area contributed by atoms with Gasteiger partial charge in [-0.15, -0.1) is 0 Å². The third-order valence-electron chi connectivity index (χ3n) is 3.33. The molecular weight excluding hydrogens is 322 g/mol. The number of H-pyrrole nitrogens is 1. The van der Waals surface area contributed by atoms with Crippen LogP contribution in [0.4, 0.5) is 5.95 Å². The first-order valence-corrected chi connectivity index (χ1v) is 7.67. The van der Waals surface area contributed by atoms with Crippen LogP contribution in [0.2, 0.25) is 0 Å². The summed E-state index contributed by atoms with van der Waals surface area (Å²) in [4.78, 5) is 31.1. The van der Waals surface area contributed by atoms with E-state index in [1.807, 2.05) is 19.1 Å². The van der Waals surface area contributed by atoms with Crippen molar-refractivity contribution in [1.29, 1.82) is 0 Å². The molecule has 0 bridgehead atoms. The molecule has 132 valence electrons. The number of aromatic amines is 1. The molecule has 8 nitrogen and oxygen atoms in total. The van der Waals surface area contributed by atoms with Crippen molar-refractivity contribution in [2.45, 2.75) is 13.8 Å². The molecule has 0 spiro atoms. The molecule has 0 aliphatic rings. The van der Waals surface area contributed by atoms with Crippen molar-refractivity contribution in [2.24, 2.45) is 5.10 Å². The van der Waals surface area contributed by atoms with E-state index < -0.39 is 0 Å². The number of hydrogen-bond donors (Lipinski definition) is 2. The molecule has 0 aliphatic heterocycles. The summed E-state index contributed by atoms with van der Waals surface area (Å²) < 4.78 is 5.42. The first kappa shape index (κ1) is 18.2. The number of carbonyl (C=O) groups is 1. The number of likely N-dealkylation sites (N-methyl/N-ethyl adjacent to an activating group) is 1. The van der Waals surface area contributed by atoms with E-state index in [1.165, 1.54) is 11.0 Å². The fraction of sp³-hybridized carbons (Fsp3) is 0.294. The quantitative estimate of drug-likeness (QED) is 0.610. The molecule has 8 heteroatoms. The summed E-state index contributed by atoms with van der Waals surface area (Å²) in [6.45, 7) is 3.55. The molecule has 1 amide bonds. The summed E-state index contributed by atoms with van der Waals surface area (Å²) in [6, 6.07) is 8.61. The van der Waals surface area contributed by atoms with Gasteiger partial charge in [0.25, 0.3) is 11.5 Å². The summed E-state index contributed by atoms with van der Waals surface area (Å²) in [5.74, 6) is 0.779. The summed E-state index contributed by atoms with van der Waals surface area (Å²) in [5, 5.41) is 4.21. The fourth-order valence-corrected chi connectivity index (χ4v) is 1.90. The van der Waals surface area contributed by atoms with Crippen molar-refractivity contribution in [1.82, 2.24) is 14.9 Å². The topological polar surface area (TPSA) is 99.7 Å². The number of aromatic nitrogens is 2. The fourth-order valence-electron chi connectivity index (χ4n) is 1.90. The number of amides is 1. The van der Waals surface area contributed by atoms with Crippen molar-refractivity contribution in [3.8, 4) is 5.75 Å². The lowest BCUT2D eigenvalue weighted by atomic mass is 10.1. The van der Waals surface area contributed by atoms with Gasteiger partial charge in [-0.05, 0) is 43.7 Å². The molecule has 2 N–H and O–H groups in total. The molecule has 0 saturated carbocycles. The number of rotatable bonds is 6. The van der Waals surface area contributed by atoms with Crippen LogP contribution >= 0.6 is 0 Å². The van der Waals surface area contributed by atoms with Crippen LogP contribution in [0.5, 0.6) is 5.75 Å². The number of hydrogen-bond acceptors (Lipinski definition) is 6. The number of aryl methyl sites for hydroxylation is 1. The number of nitrogens with zero attached hydrogens (tertiary/aromatic N) is 3. The minimum atomic E-state index is -0.239. The maximum Gasteiger partial charge on any atom is 0.259 e. The highest BCUT2D eigenvalue weighted by molar-refractivity contribution is 5.99. The molecule has 0 unspecified atom stereocenters. The van der Waals surface area contributed by atoms with Crippen LogP contribution in [0.3, 0.4) is 0 Å². The van der Waals surface area contributed by atoms with Gasteiger partial charge in [0, 0.05) is 25.9 Å². The van der Waals surface area contributed by atoms with Gasteiger partial charge in [0.1, 0.15) is 5.75 Å². The number of nitrogens with one attached hydrogen (secondary N) is 2. The summed E-state index contributed by atoms with van der Waals surface area (Å²) in [7, 11) is 3.36. The first-order chi connectivity index (χ1) is 11.8. The van der Waals surface area contributed by atoms with Crippen molar-refractivity contribution in [3.63, 3.8) is 0 Å². The largest absolute Gasteiger partial charge is 0.484 e. The Hall–Kier alpha value is -3.16.